The molecular weight excluding hydrogens is 416 g/mol. The van der Waals surface area contributed by atoms with Crippen molar-refractivity contribution in [2.75, 3.05) is 19.7 Å². The van der Waals surface area contributed by atoms with E-state index in [-0.39, 0.29) is 34.8 Å². The molecule has 3 fully saturated rings. The fraction of sp³-hybridized carbons (Fsp3) is 0.632. The van der Waals surface area contributed by atoms with Crippen LogP contribution in [0, 0.1) is 6.92 Å². The summed E-state index contributed by atoms with van der Waals surface area (Å²) in [5.41, 5.74) is 0.266. The van der Waals surface area contributed by atoms with Crippen LogP contribution < -0.4 is 16.6 Å². The second kappa shape index (κ2) is 7.14. The lowest BCUT2D eigenvalue weighted by Gasteiger charge is -2.15. The van der Waals surface area contributed by atoms with Gasteiger partial charge in [0.1, 0.15) is 4.83 Å². The minimum atomic E-state index is -0.308. The second-order valence-electron chi connectivity index (χ2n) is 8.01. The van der Waals surface area contributed by atoms with Crippen LogP contribution in [0.25, 0.3) is 10.2 Å². The molecule has 0 bridgehead atoms. The minimum absolute atomic E-state index is 0.0249. The first-order valence-corrected chi connectivity index (χ1v) is 11.3. The second-order valence-corrected chi connectivity index (χ2v) is 9.65. The maximum absolute atomic E-state index is 13.3. The van der Waals surface area contributed by atoms with Crippen LogP contribution in [0.2, 0.25) is 0 Å². The predicted molar refractivity (Wildman–Crippen MR) is 111 cm³/mol. The lowest BCUT2D eigenvalue weighted by atomic mass is 10.2. The van der Waals surface area contributed by atoms with E-state index >= 15 is 0 Å². The number of nitrogens with zero attached hydrogens (tertiary/aromatic N) is 3. The Kier molecular flexibility index (Phi) is 4.71. The summed E-state index contributed by atoms with van der Waals surface area (Å²) >= 11 is 7.63. The molecule has 2 aromatic heterocycles. The number of halogens is 1. The number of aryl methyl sites for hydroxylation is 1. The maximum atomic E-state index is 13.3. The first-order chi connectivity index (χ1) is 14.0. The molecule has 5 rings (SSSR count). The normalized spacial score (nSPS) is 26.5. The molecule has 0 radical (unpaired) electrons. The van der Waals surface area contributed by atoms with Gasteiger partial charge in [-0.15, -0.1) is 22.9 Å². The Morgan fingerprint density at radius 1 is 1.31 bits per heavy atom. The summed E-state index contributed by atoms with van der Waals surface area (Å²) in [6, 6.07) is -0.345. The van der Waals surface area contributed by atoms with Crippen molar-refractivity contribution in [3.8, 4) is 0 Å². The largest absolute Gasteiger partial charge is 0.376 e. The van der Waals surface area contributed by atoms with Crippen LogP contribution >= 0.6 is 22.9 Å². The van der Waals surface area contributed by atoms with Gasteiger partial charge < -0.3 is 15.0 Å². The fourth-order valence-electron chi connectivity index (χ4n) is 4.26. The van der Waals surface area contributed by atoms with Crippen molar-refractivity contribution in [2.24, 2.45) is 0 Å². The molecule has 0 spiro atoms. The third-order valence-electron chi connectivity index (χ3n) is 6.04. The van der Waals surface area contributed by atoms with E-state index in [1.807, 2.05) is 6.92 Å². The molecule has 0 aromatic carbocycles. The molecular formula is C19H23ClN4O4S. The third-order valence-corrected chi connectivity index (χ3v) is 7.81. The quantitative estimate of drug-likeness (QED) is 0.721. The van der Waals surface area contributed by atoms with E-state index in [0.717, 1.165) is 23.3 Å². The van der Waals surface area contributed by atoms with Gasteiger partial charge in [0.2, 0.25) is 0 Å². The highest BCUT2D eigenvalue weighted by atomic mass is 35.5. The Morgan fingerprint density at radius 2 is 2.10 bits per heavy atom. The number of nitrogens with one attached hydrogen (secondary N) is 1. The number of fused-ring (bicyclic) bond motifs is 1. The van der Waals surface area contributed by atoms with Crippen molar-refractivity contribution in [3.63, 3.8) is 0 Å². The first kappa shape index (κ1) is 19.1. The lowest BCUT2D eigenvalue weighted by molar-refractivity contribution is 0.0966. The van der Waals surface area contributed by atoms with E-state index in [9.17, 15) is 14.4 Å². The zero-order valence-corrected chi connectivity index (χ0v) is 17.7. The molecule has 2 aliphatic heterocycles. The van der Waals surface area contributed by atoms with Crippen molar-refractivity contribution >= 4 is 39.2 Å². The van der Waals surface area contributed by atoms with Gasteiger partial charge in [0, 0.05) is 24.6 Å². The highest BCUT2D eigenvalue weighted by molar-refractivity contribution is 7.18. The summed E-state index contributed by atoms with van der Waals surface area (Å²) in [7, 11) is 0. The number of amides is 2. The number of thiophene rings is 1. The molecule has 10 heteroatoms. The Bertz CT molecular complexity index is 1100. The molecule has 2 amide bonds. The monoisotopic (exact) mass is 438 g/mol. The lowest BCUT2D eigenvalue weighted by Crippen LogP contribution is -2.41. The van der Waals surface area contributed by atoms with Gasteiger partial charge in [0.05, 0.1) is 36.0 Å². The molecule has 1 aliphatic carbocycles. The van der Waals surface area contributed by atoms with Crippen molar-refractivity contribution in [3.05, 3.63) is 31.3 Å². The van der Waals surface area contributed by atoms with E-state index in [4.69, 9.17) is 16.3 Å². The Hall–Kier alpha value is -1.84. The minimum Gasteiger partial charge on any atom is -0.376 e. The van der Waals surface area contributed by atoms with Crippen LogP contribution in [0.3, 0.4) is 0 Å². The number of aromatic nitrogens is 2. The van der Waals surface area contributed by atoms with E-state index in [2.05, 4.69) is 5.32 Å². The van der Waals surface area contributed by atoms with Crippen molar-refractivity contribution in [1.29, 1.82) is 0 Å². The van der Waals surface area contributed by atoms with Gasteiger partial charge in [-0.3, -0.25) is 13.9 Å². The molecule has 2 aromatic rings. The number of hydrogen-bond donors (Lipinski definition) is 1. The molecule has 156 valence electrons. The van der Waals surface area contributed by atoms with Gasteiger partial charge in [-0.2, -0.15) is 0 Å². The number of hydrogen-bond acceptors (Lipinski definition) is 5. The summed E-state index contributed by atoms with van der Waals surface area (Å²) in [5.74, 6) is 0. The number of carbonyl (C=O) groups is 1. The molecule has 1 N–H and O–H groups in total. The molecule has 1 saturated carbocycles. The molecule has 29 heavy (non-hydrogen) atoms. The standard InChI is InChI=1S/C19H23ClN4O4S/c1-10-14(9-22-5-4-21-18(22)26)29-17-15(10)16(25)24(13-7-12(13)20)19(27)23(17)8-11-3-2-6-28-11/h11-13H,2-9H2,1H3,(H,21,26). The Labute approximate surface area is 176 Å². The van der Waals surface area contributed by atoms with E-state index in [1.165, 1.54) is 15.9 Å². The van der Waals surface area contributed by atoms with Gasteiger partial charge in [-0.25, -0.2) is 9.59 Å². The first-order valence-electron chi connectivity index (χ1n) is 10.0. The Morgan fingerprint density at radius 3 is 2.72 bits per heavy atom. The predicted octanol–water partition coefficient (Wildman–Crippen LogP) is 1.79. The third kappa shape index (κ3) is 3.19. The SMILES string of the molecule is Cc1c(CN2CCNC2=O)sc2c1c(=O)n(C1CC1Cl)c(=O)n2CC1CCCO1. The maximum Gasteiger partial charge on any atom is 0.332 e. The van der Waals surface area contributed by atoms with Gasteiger partial charge in [0.15, 0.2) is 0 Å². The number of urea groups is 1. The molecule has 2 saturated heterocycles. The van der Waals surface area contributed by atoms with Crippen LogP contribution in [0.5, 0.6) is 0 Å². The Balaban J connectivity index is 1.65. The zero-order chi connectivity index (χ0) is 20.3. The van der Waals surface area contributed by atoms with Crippen LogP contribution in [0.4, 0.5) is 4.79 Å². The van der Waals surface area contributed by atoms with Crippen LogP contribution in [0.15, 0.2) is 9.59 Å². The van der Waals surface area contributed by atoms with E-state index < -0.39 is 0 Å². The van der Waals surface area contributed by atoms with Gasteiger partial charge in [-0.1, -0.05) is 0 Å². The van der Waals surface area contributed by atoms with Gasteiger partial charge in [-0.05, 0) is 31.7 Å². The highest BCUT2D eigenvalue weighted by Gasteiger charge is 2.40. The van der Waals surface area contributed by atoms with Crippen LogP contribution in [0.1, 0.15) is 35.7 Å². The number of rotatable bonds is 5. The molecule has 3 aliphatic rings. The van der Waals surface area contributed by atoms with Crippen molar-refractivity contribution < 1.29 is 9.53 Å². The molecule has 3 unspecified atom stereocenters. The fourth-order valence-corrected chi connectivity index (χ4v) is 5.87. The topological polar surface area (TPSA) is 85.6 Å². The summed E-state index contributed by atoms with van der Waals surface area (Å²) < 4.78 is 8.79. The number of alkyl halides is 1. The summed E-state index contributed by atoms with van der Waals surface area (Å²) in [5, 5.41) is 3.19. The summed E-state index contributed by atoms with van der Waals surface area (Å²) in [6.07, 6.45) is 2.49. The van der Waals surface area contributed by atoms with Crippen LogP contribution in [-0.2, 0) is 17.8 Å². The molecule has 4 heterocycles. The van der Waals surface area contributed by atoms with Crippen molar-refractivity contribution in [2.45, 2.75) is 56.8 Å². The number of carbonyl (C=O) groups excluding carboxylic acids is 1. The zero-order valence-electron chi connectivity index (χ0n) is 16.1. The summed E-state index contributed by atoms with van der Waals surface area (Å²) in [6.45, 7) is 4.73. The smallest absolute Gasteiger partial charge is 0.332 e. The van der Waals surface area contributed by atoms with E-state index in [1.54, 1.807) is 9.47 Å². The highest BCUT2D eigenvalue weighted by Crippen LogP contribution is 2.40. The molecule has 8 nitrogen and oxygen atoms in total. The van der Waals surface area contributed by atoms with Crippen molar-refractivity contribution in [1.82, 2.24) is 19.4 Å². The van der Waals surface area contributed by atoms with Gasteiger partial charge in [0.25, 0.3) is 5.56 Å². The average Bonchev–Trinajstić information content (AvgIpc) is 3.08. The van der Waals surface area contributed by atoms with Gasteiger partial charge >= 0.3 is 11.7 Å². The summed E-state index contributed by atoms with van der Waals surface area (Å²) in [4.78, 5) is 41.9. The molecule has 3 atom stereocenters. The average molecular weight is 439 g/mol. The number of ether oxygens (including phenoxy) is 1. The van der Waals surface area contributed by atoms with Crippen LogP contribution in [-0.4, -0.2) is 51.2 Å². The van der Waals surface area contributed by atoms with E-state index in [0.29, 0.717) is 49.4 Å².